The number of hydrogen-bond donors (Lipinski definition) is 1. The zero-order chi connectivity index (χ0) is 21.0. The molecule has 10 heteroatoms. The van der Waals surface area contributed by atoms with Crippen molar-refractivity contribution in [2.75, 3.05) is 6.61 Å². The molecule has 0 atom stereocenters. The molecule has 0 aromatic heterocycles. The van der Waals surface area contributed by atoms with Gasteiger partial charge in [0, 0.05) is 6.21 Å². The highest BCUT2D eigenvalue weighted by Crippen LogP contribution is 2.27. The summed E-state index contributed by atoms with van der Waals surface area (Å²) in [7, 11) is 0. The van der Waals surface area contributed by atoms with Crippen molar-refractivity contribution in [3.8, 4) is 5.75 Å². The van der Waals surface area contributed by atoms with E-state index < -0.39 is 5.91 Å². The summed E-state index contributed by atoms with van der Waals surface area (Å²) in [6, 6.07) is 4.97. The molecule has 0 unspecified atom stereocenters. The predicted octanol–water partition coefficient (Wildman–Crippen LogP) is 3.11. The highest BCUT2D eigenvalue weighted by Gasteiger charge is 2.29. The third-order valence-corrected chi connectivity index (χ3v) is 3.90. The van der Waals surface area contributed by atoms with E-state index in [0.717, 1.165) is 6.42 Å². The largest absolute Gasteiger partial charge is 0.512 e. The number of aliphatic hydroxyl groups is 1. The summed E-state index contributed by atoms with van der Waals surface area (Å²) in [5.74, 6) is -0.372. The quantitative estimate of drug-likeness (QED) is 0.431. The molecule has 2 aliphatic rings. The Morgan fingerprint density at radius 3 is 2.72 bits per heavy atom. The molecule has 1 aromatic rings. The lowest BCUT2D eigenvalue weighted by Gasteiger charge is -2.13. The SMILES string of the molecule is CCCOc1ccc(N=CC(C(C)=O)=C(C)O)cc1C1=NC(=O)C2=NN=NC2=N1. The van der Waals surface area contributed by atoms with Gasteiger partial charge in [0.15, 0.2) is 11.6 Å². The molecule has 2 heterocycles. The van der Waals surface area contributed by atoms with Crippen molar-refractivity contribution in [1.82, 2.24) is 0 Å². The zero-order valence-electron chi connectivity index (χ0n) is 16.1. The molecular weight excluding hydrogens is 376 g/mol. The molecule has 10 nitrogen and oxygen atoms in total. The van der Waals surface area contributed by atoms with Gasteiger partial charge in [0.05, 0.1) is 23.4 Å². The molecule has 0 bridgehead atoms. The molecule has 148 valence electrons. The summed E-state index contributed by atoms with van der Waals surface area (Å²) in [4.78, 5) is 36.2. The van der Waals surface area contributed by atoms with Crippen LogP contribution >= 0.6 is 0 Å². The number of amides is 1. The first-order valence-corrected chi connectivity index (χ1v) is 8.83. The number of nitrogens with zero attached hydrogens (tertiary/aromatic N) is 6. The first-order chi connectivity index (χ1) is 13.9. The van der Waals surface area contributed by atoms with Gasteiger partial charge in [-0.3, -0.25) is 14.6 Å². The van der Waals surface area contributed by atoms with E-state index in [-0.39, 0.29) is 34.5 Å². The fraction of sp³-hybridized carbons (Fsp3) is 0.263. The van der Waals surface area contributed by atoms with Gasteiger partial charge in [-0.05, 0) is 43.7 Å². The van der Waals surface area contributed by atoms with Crippen LogP contribution in [0, 0.1) is 0 Å². The summed E-state index contributed by atoms with van der Waals surface area (Å²) in [6.07, 6.45) is 2.06. The van der Waals surface area contributed by atoms with E-state index in [9.17, 15) is 14.7 Å². The number of fused-ring (bicyclic) bond motifs is 1. The van der Waals surface area contributed by atoms with Crippen molar-refractivity contribution in [1.29, 1.82) is 0 Å². The maximum absolute atomic E-state index is 12.2. The number of allylic oxidation sites excluding steroid dienone is 2. The molecule has 0 spiro atoms. The fourth-order valence-corrected chi connectivity index (χ4v) is 2.50. The van der Waals surface area contributed by atoms with Gasteiger partial charge < -0.3 is 9.84 Å². The monoisotopic (exact) mass is 394 g/mol. The minimum Gasteiger partial charge on any atom is -0.512 e. The third-order valence-electron chi connectivity index (χ3n) is 3.90. The maximum Gasteiger partial charge on any atom is 0.303 e. The van der Waals surface area contributed by atoms with Crippen LogP contribution < -0.4 is 4.74 Å². The summed E-state index contributed by atoms with van der Waals surface area (Å²) in [6.45, 7) is 5.17. The Bertz CT molecular complexity index is 1060. The van der Waals surface area contributed by atoms with Crippen LogP contribution in [0.25, 0.3) is 0 Å². The van der Waals surface area contributed by atoms with E-state index in [0.29, 0.717) is 23.6 Å². The highest BCUT2D eigenvalue weighted by molar-refractivity contribution is 6.69. The Kier molecular flexibility index (Phi) is 5.82. The first-order valence-electron chi connectivity index (χ1n) is 8.83. The highest BCUT2D eigenvalue weighted by atomic mass is 16.5. The van der Waals surface area contributed by atoms with Crippen molar-refractivity contribution >= 4 is 41.0 Å². The van der Waals surface area contributed by atoms with Crippen LogP contribution in [0.5, 0.6) is 5.75 Å². The Morgan fingerprint density at radius 2 is 2.03 bits per heavy atom. The van der Waals surface area contributed by atoms with E-state index in [1.807, 2.05) is 6.92 Å². The van der Waals surface area contributed by atoms with E-state index in [1.54, 1.807) is 18.2 Å². The molecule has 0 radical (unpaired) electrons. The number of aliphatic imine (C=N–C) groups is 3. The predicted molar refractivity (Wildman–Crippen MR) is 108 cm³/mol. The van der Waals surface area contributed by atoms with Crippen molar-refractivity contribution in [3.05, 3.63) is 35.1 Å². The summed E-state index contributed by atoms with van der Waals surface area (Å²) in [5.41, 5.74) is 0.972. The van der Waals surface area contributed by atoms with Crippen LogP contribution in [0.4, 0.5) is 5.69 Å². The lowest BCUT2D eigenvalue weighted by atomic mass is 10.1. The second-order valence-corrected chi connectivity index (χ2v) is 6.16. The van der Waals surface area contributed by atoms with Crippen LogP contribution in [-0.2, 0) is 9.59 Å². The van der Waals surface area contributed by atoms with Crippen molar-refractivity contribution < 1.29 is 19.4 Å². The number of ketones is 1. The topological polar surface area (TPSA) is 138 Å². The molecule has 2 aliphatic heterocycles. The van der Waals surface area contributed by atoms with E-state index >= 15 is 0 Å². The van der Waals surface area contributed by atoms with Gasteiger partial charge in [0.2, 0.25) is 11.5 Å². The van der Waals surface area contributed by atoms with Crippen molar-refractivity contribution in [3.63, 3.8) is 0 Å². The molecule has 29 heavy (non-hydrogen) atoms. The Hall–Kier alpha value is -3.82. The average molecular weight is 394 g/mol. The Morgan fingerprint density at radius 1 is 1.24 bits per heavy atom. The second-order valence-electron chi connectivity index (χ2n) is 6.16. The van der Waals surface area contributed by atoms with Gasteiger partial charge in [0.25, 0.3) is 0 Å². The fourth-order valence-electron chi connectivity index (χ4n) is 2.50. The number of hydrogen-bond acceptors (Lipinski definition) is 9. The van der Waals surface area contributed by atoms with Gasteiger partial charge in [-0.1, -0.05) is 6.92 Å². The number of Topliss-reactive ketones (excluding diaryl/α,β-unsaturated/α-hetero) is 1. The zero-order valence-corrected chi connectivity index (χ0v) is 16.1. The molecule has 1 aromatic carbocycles. The number of ether oxygens (including phenoxy) is 1. The van der Waals surface area contributed by atoms with Crippen LogP contribution in [-0.4, -0.2) is 47.0 Å². The smallest absolute Gasteiger partial charge is 0.303 e. The van der Waals surface area contributed by atoms with E-state index in [4.69, 9.17) is 4.74 Å². The van der Waals surface area contributed by atoms with Crippen LogP contribution in [0.15, 0.2) is 59.9 Å². The number of benzene rings is 1. The van der Waals surface area contributed by atoms with E-state index in [2.05, 4.69) is 30.4 Å². The lowest BCUT2D eigenvalue weighted by Crippen LogP contribution is -2.26. The molecular formula is C19H18N6O4. The van der Waals surface area contributed by atoms with E-state index in [1.165, 1.54) is 20.1 Å². The second kappa shape index (κ2) is 8.46. The van der Waals surface area contributed by atoms with Gasteiger partial charge in [0.1, 0.15) is 11.5 Å². The lowest BCUT2D eigenvalue weighted by molar-refractivity contribution is -0.113. The summed E-state index contributed by atoms with van der Waals surface area (Å²) >= 11 is 0. The summed E-state index contributed by atoms with van der Waals surface area (Å²) < 4.78 is 5.74. The number of carbonyl (C=O) groups is 2. The number of rotatable bonds is 7. The van der Waals surface area contributed by atoms with Gasteiger partial charge in [-0.15, -0.1) is 10.2 Å². The van der Waals surface area contributed by atoms with Gasteiger partial charge >= 0.3 is 5.91 Å². The van der Waals surface area contributed by atoms with Crippen LogP contribution in [0.2, 0.25) is 0 Å². The number of aliphatic hydroxyl groups excluding tert-OH is 1. The molecule has 3 rings (SSSR count). The molecule has 0 saturated heterocycles. The number of carbonyl (C=O) groups excluding carboxylic acids is 2. The first kappa shape index (κ1) is 19.9. The standard InChI is InChI=1S/C19H18N6O4/c1-4-7-29-15-6-5-12(20-9-14(10(2)26)11(3)27)8-13(15)17-21-18-16(19(28)22-17)23-25-24-18/h5-6,8-9,26H,4,7H2,1-3H3. The Labute approximate surface area is 166 Å². The molecule has 1 N–H and O–H groups in total. The molecule has 0 fully saturated rings. The third kappa shape index (κ3) is 4.37. The normalized spacial score (nSPS) is 16.2. The van der Waals surface area contributed by atoms with Gasteiger partial charge in [-0.2, -0.15) is 4.99 Å². The Balaban J connectivity index is 2.03. The van der Waals surface area contributed by atoms with Gasteiger partial charge in [-0.25, -0.2) is 4.99 Å². The minimum atomic E-state index is -0.594. The molecule has 1 amide bonds. The van der Waals surface area contributed by atoms with Crippen LogP contribution in [0.3, 0.4) is 0 Å². The van der Waals surface area contributed by atoms with Crippen molar-refractivity contribution in [2.45, 2.75) is 27.2 Å². The molecule has 0 saturated carbocycles. The number of amidine groups is 2. The average Bonchev–Trinajstić information content (AvgIpc) is 3.15. The van der Waals surface area contributed by atoms with Crippen LogP contribution in [0.1, 0.15) is 32.8 Å². The molecule has 0 aliphatic carbocycles. The van der Waals surface area contributed by atoms with Crippen molar-refractivity contribution in [2.24, 2.45) is 30.4 Å². The summed E-state index contributed by atoms with van der Waals surface area (Å²) in [5, 5.41) is 20.4. The maximum atomic E-state index is 12.2. The minimum absolute atomic E-state index is 0.00592.